The van der Waals surface area contributed by atoms with E-state index in [1.165, 1.54) is 0 Å². The van der Waals surface area contributed by atoms with E-state index in [0.29, 0.717) is 28.1 Å². The van der Waals surface area contributed by atoms with Crippen LogP contribution in [0.2, 0.25) is 0 Å². The summed E-state index contributed by atoms with van der Waals surface area (Å²) in [7, 11) is 0. The molecule has 0 unspecified atom stereocenters. The number of amides is 1. The first-order chi connectivity index (χ1) is 10.5. The molecule has 0 fully saturated rings. The fraction of sp³-hybridized carbons (Fsp3) is 0.176. The van der Waals surface area contributed by atoms with Crippen LogP contribution in [0.5, 0.6) is 0 Å². The molecule has 2 rings (SSSR count). The van der Waals surface area contributed by atoms with Gasteiger partial charge in [-0.15, -0.1) is 0 Å². The van der Waals surface area contributed by atoms with E-state index >= 15 is 0 Å². The Hall–Kier alpha value is -2.82. The van der Waals surface area contributed by atoms with E-state index in [0.717, 1.165) is 0 Å². The third-order valence-corrected chi connectivity index (χ3v) is 3.29. The molecule has 3 N–H and O–H groups in total. The number of anilines is 2. The van der Waals surface area contributed by atoms with E-state index in [2.05, 4.69) is 5.32 Å². The van der Waals surface area contributed by atoms with Crippen molar-refractivity contribution in [3.05, 3.63) is 59.2 Å². The van der Waals surface area contributed by atoms with Crippen molar-refractivity contribution in [1.29, 1.82) is 0 Å². The van der Waals surface area contributed by atoms with Crippen molar-refractivity contribution < 1.29 is 14.3 Å². The molecule has 5 nitrogen and oxygen atoms in total. The highest BCUT2D eigenvalue weighted by Gasteiger charge is 2.16. The van der Waals surface area contributed by atoms with Gasteiger partial charge in [0.05, 0.1) is 17.9 Å². The van der Waals surface area contributed by atoms with Gasteiger partial charge in [0.25, 0.3) is 5.91 Å². The molecule has 0 aliphatic carbocycles. The van der Waals surface area contributed by atoms with Crippen LogP contribution < -0.4 is 11.1 Å². The number of nitrogens with two attached hydrogens (primary N) is 1. The molecule has 2 aromatic rings. The summed E-state index contributed by atoms with van der Waals surface area (Å²) in [6.07, 6.45) is 0. The Balaban J connectivity index is 2.29. The third kappa shape index (κ3) is 3.25. The molecule has 0 aliphatic rings. The predicted molar refractivity (Wildman–Crippen MR) is 85.9 cm³/mol. The summed E-state index contributed by atoms with van der Waals surface area (Å²) in [5.41, 5.74) is 8.27. The Labute approximate surface area is 129 Å². The van der Waals surface area contributed by atoms with Gasteiger partial charge < -0.3 is 15.8 Å². The molecule has 114 valence electrons. The van der Waals surface area contributed by atoms with Crippen molar-refractivity contribution in [1.82, 2.24) is 0 Å². The monoisotopic (exact) mass is 298 g/mol. The summed E-state index contributed by atoms with van der Waals surface area (Å²) in [6.45, 7) is 3.78. The molecular formula is C17H18N2O3. The number of esters is 1. The summed E-state index contributed by atoms with van der Waals surface area (Å²) >= 11 is 0. The largest absolute Gasteiger partial charge is 0.462 e. The first-order valence-corrected chi connectivity index (χ1v) is 6.97. The average Bonchev–Trinajstić information content (AvgIpc) is 2.50. The van der Waals surface area contributed by atoms with E-state index in [-0.39, 0.29) is 12.5 Å². The fourth-order valence-electron chi connectivity index (χ4n) is 2.07. The summed E-state index contributed by atoms with van der Waals surface area (Å²) in [5.74, 6) is -0.788. The van der Waals surface area contributed by atoms with Crippen LogP contribution in [0.4, 0.5) is 11.4 Å². The number of para-hydroxylation sites is 1. The minimum atomic E-state index is -0.470. The molecule has 5 heteroatoms. The number of hydrogen-bond donors (Lipinski definition) is 2. The molecule has 0 atom stereocenters. The number of nitrogen functional groups attached to an aromatic ring is 1. The van der Waals surface area contributed by atoms with Crippen molar-refractivity contribution in [2.75, 3.05) is 17.7 Å². The van der Waals surface area contributed by atoms with Gasteiger partial charge >= 0.3 is 5.97 Å². The number of rotatable bonds is 4. The maximum absolute atomic E-state index is 12.4. The first kappa shape index (κ1) is 15.6. The number of nitrogens with one attached hydrogen (secondary N) is 1. The maximum Gasteiger partial charge on any atom is 0.340 e. The first-order valence-electron chi connectivity index (χ1n) is 6.97. The van der Waals surface area contributed by atoms with Crippen molar-refractivity contribution in [2.24, 2.45) is 0 Å². The number of benzene rings is 2. The Morgan fingerprint density at radius 2 is 1.77 bits per heavy atom. The lowest BCUT2D eigenvalue weighted by Gasteiger charge is -2.12. The normalized spacial score (nSPS) is 10.1. The van der Waals surface area contributed by atoms with Gasteiger partial charge in [0.2, 0.25) is 0 Å². The minimum absolute atomic E-state index is 0.273. The zero-order valence-electron chi connectivity index (χ0n) is 12.6. The molecule has 0 aromatic heterocycles. The van der Waals surface area contributed by atoms with Crippen molar-refractivity contribution in [3.8, 4) is 0 Å². The summed E-state index contributed by atoms with van der Waals surface area (Å²) in [4.78, 5) is 24.3. The quantitative estimate of drug-likeness (QED) is 0.671. The lowest BCUT2D eigenvalue weighted by Crippen LogP contribution is -2.17. The maximum atomic E-state index is 12.4. The van der Waals surface area contributed by atoms with Crippen LogP contribution in [0, 0.1) is 6.92 Å². The van der Waals surface area contributed by atoms with Gasteiger partial charge in [-0.1, -0.05) is 18.2 Å². The van der Waals surface area contributed by atoms with Crippen LogP contribution in [0.25, 0.3) is 0 Å². The molecule has 0 aliphatic heterocycles. The number of carbonyl (C=O) groups is 2. The molecule has 1 amide bonds. The smallest absolute Gasteiger partial charge is 0.340 e. The molecule has 0 saturated heterocycles. The van der Waals surface area contributed by atoms with Crippen LogP contribution in [0.15, 0.2) is 42.5 Å². The summed E-state index contributed by atoms with van der Waals surface area (Å²) < 4.78 is 4.99. The zero-order chi connectivity index (χ0) is 16.1. The van der Waals surface area contributed by atoms with Gasteiger partial charge in [-0.3, -0.25) is 4.79 Å². The van der Waals surface area contributed by atoms with Crippen molar-refractivity contribution in [2.45, 2.75) is 13.8 Å². The Bertz CT molecular complexity index is 711. The summed E-state index contributed by atoms with van der Waals surface area (Å²) in [6, 6.07) is 11.9. The number of carbonyl (C=O) groups excluding carboxylic acids is 2. The van der Waals surface area contributed by atoms with E-state index in [4.69, 9.17) is 10.5 Å². The second kappa shape index (κ2) is 6.76. The van der Waals surface area contributed by atoms with Crippen LogP contribution in [-0.2, 0) is 4.74 Å². The SMILES string of the molecule is CCOC(=O)c1ccccc1NC(=O)c1cccc(N)c1C. The second-order valence-electron chi connectivity index (χ2n) is 4.74. The van der Waals surface area contributed by atoms with Gasteiger partial charge in [-0.2, -0.15) is 0 Å². The Kier molecular flexibility index (Phi) is 4.78. The molecule has 0 saturated carbocycles. The van der Waals surface area contributed by atoms with Crippen LogP contribution in [0.3, 0.4) is 0 Å². The molecular weight excluding hydrogens is 280 g/mol. The minimum Gasteiger partial charge on any atom is -0.462 e. The fourth-order valence-corrected chi connectivity index (χ4v) is 2.07. The topological polar surface area (TPSA) is 81.4 Å². The third-order valence-electron chi connectivity index (χ3n) is 3.29. The van der Waals surface area contributed by atoms with Crippen LogP contribution in [0.1, 0.15) is 33.2 Å². The Morgan fingerprint density at radius 1 is 1.09 bits per heavy atom. The van der Waals surface area contributed by atoms with E-state index in [1.807, 2.05) is 0 Å². The molecule has 0 bridgehead atoms. The molecule has 0 spiro atoms. The van der Waals surface area contributed by atoms with Crippen molar-refractivity contribution in [3.63, 3.8) is 0 Å². The van der Waals surface area contributed by atoms with E-state index in [9.17, 15) is 9.59 Å². The van der Waals surface area contributed by atoms with Gasteiger partial charge in [0, 0.05) is 11.3 Å². The molecule has 2 aromatic carbocycles. The van der Waals surface area contributed by atoms with Crippen LogP contribution >= 0.6 is 0 Å². The standard InChI is InChI=1S/C17H18N2O3/c1-3-22-17(21)13-7-4-5-10-15(13)19-16(20)12-8-6-9-14(18)11(12)2/h4-10H,3,18H2,1-2H3,(H,19,20). The average molecular weight is 298 g/mol. The second-order valence-corrected chi connectivity index (χ2v) is 4.74. The van der Waals surface area contributed by atoms with E-state index < -0.39 is 5.97 Å². The Morgan fingerprint density at radius 3 is 2.50 bits per heavy atom. The number of hydrogen-bond acceptors (Lipinski definition) is 4. The van der Waals surface area contributed by atoms with Gasteiger partial charge in [0.15, 0.2) is 0 Å². The highest BCUT2D eigenvalue weighted by atomic mass is 16.5. The molecule has 22 heavy (non-hydrogen) atoms. The van der Waals surface area contributed by atoms with E-state index in [1.54, 1.807) is 56.3 Å². The lowest BCUT2D eigenvalue weighted by molar-refractivity contribution is 0.0527. The molecule has 0 heterocycles. The number of ether oxygens (including phenoxy) is 1. The van der Waals surface area contributed by atoms with Gasteiger partial charge in [0.1, 0.15) is 0 Å². The zero-order valence-corrected chi connectivity index (χ0v) is 12.6. The highest BCUT2D eigenvalue weighted by Crippen LogP contribution is 2.20. The lowest BCUT2D eigenvalue weighted by atomic mass is 10.1. The molecule has 0 radical (unpaired) electrons. The van der Waals surface area contributed by atoms with Crippen molar-refractivity contribution >= 4 is 23.3 Å². The van der Waals surface area contributed by atoms with Gasteiger partial charge in [-0.05, 0) is 43.7 Å². The predicted octanol–water partition coefficient (Wildman–Crippen LogP) is 3.01. The van der Waals surface area contributed by atoms with Gasteiger partial charge in [-0.25, -0.2) is 4.79 Å². The van der Waals surface area contributed by atoms with Crippen LogP contribution in [-0.4, -0.2) is 18.5 Å². The summed E-state index contributed by atoms with van der Waals surface area (Å²) in [5, 5.41) is 2.74. The highest BCUT2D eigenvalue weighted by molar-refractivity contribution is 6.09.